The predicted octanol–water partition coefficient (Wildman–Crippen LogP) is 2.57. The zero-order valence-corrected chi connectivity index (χ0v) is 9.94. The van der Waals surface area contributed by atoms with Gasteiger partial charge in [-0.3, -0.25) is 0 Å². The highest BCUT2D eigenvalue weighted by molar-refractivity contribution is 7.80. The molecule has 0 aliphatic carbocycles. The Morgan fingerprint density at radius 3 is 2.53 bits per heavy atom. The van der Waals surface area contributed by atoms with E-state index < -0.39 is 0 Å². The molecule has 1 saturated heterocycles. The monoisotopic (exact) mass is 240 g/mol. The van der Waals surface area contributed by atoms with E-state index in [1.807, 2.05) is 18.2 Å². The van der Waals surface area contributed by atoms with Gasteiger partial charge in [0, 0.05) is 18.7 Å². The van der Waals surface area contributed by atoms with Crippen molar-refractivity contribution in [2.45, 2.75) is 12.8 Å². The van der Waals surface area contributed by atoms with Gasteiger partial charge in [0.25, 0.3) is 0 Å². The van der Waals surface area contributed by atoms with E-state index in [0.29, 0.717) is 4.99 Å². The van der Waals surface area contributed by atoms with E-state index in [0.717, 1.165) is 29.4 Å². The summed E-state index contributed by atoms with van der Waals surface area (Å²) >= 11 is 11.1. The average molecular weight is 241 g/mol. The standard InChI is InChI=1S/C11H13ClN2S/c12-9-7-8(11(13)15)3-4-10(9)14-5-1-2-6-14/h3-4,7H,1-2,5-6H2,(H2,13,15). The Labute approximate surface area is 100 Å². The number of hydrogen-bond acceptors (Lipinski definition) is 2. The summed E-state index contributed by atoms with van der Waals surface area (Å²) in [5.74, 6) is 0. The van der Waals surface area contributed by atoms with Crippen molar-refractivity contribution in [2.75, 3.05) is 18.0 Å². The zero-order chi connectivity index (χ0) is 10.8. The van der Waals surface area contributed by atoms with Crippen molar-refractivity contribution in [3.8, 4) is 0 Å². The van der Waals surface area contributed by atoms with Gasteiger partial charge in [-0.2, -0.15) is 0 Å². The Kier molecular flexibility index (Phi) is 3.12. The van der Waals surface area contributed by atoms with Crippen molar-refractivity contribution in [3.05, 3.63) is 28.8 Å². The van der Waals surface area contributed by atoms with Gasteiger partial charge in [-0.1, -0.05) is 23.8 Å². The van der Waals surface area contributed by atoms with E-state index in [-0.39, 0.29) is 0 Å². The molecule has 2 nitrogen and oxygen atoms in total. The Hall–Kier alpha value is -0.800. The molecule has 0 amide bonds. The summed E-state index contributed by atoms with van der Waals surface area (Å²) < 4.78 is 0. The summed E-state index contributed by atoms with van der Waals surface area (Å²) in [7, 11) is 0. The van der Waals surface area contributed by atoms with E-state index >= 15 is 0 Å². The number of thiocarbonyl (C=S) groups is 1. The molecule has 80 valence electrons. The molecule has 4 heteroatoms. The molecule has 1 aliphatic rings. The SMILES string of the molecule is NC(=S)c1ccc(N2CCCC2)c(Cl)c1. The third-order valence-electron chi connectivity index (χ3n) is 2.68. The first-order valence-corrected chi connectivity index (χ1v) is 5.81. The second kappa shape index (κ2) is 4.37. The molecule has 15 heavy (non-hydrogen) atoms. The second-order valence-corrected chi connectivity index (χ2v) is 4.57. The first-order chi connectivity index (χ1) is 7.18. The Morgan fingerprint density at radius 2 is 2.00 bits per heavy atom. The molecule has 1 aromatic carbocycles. The molecule has 0 atom stereocenters. The highest BCUT2D eigenvalue weighted by atomic mass is 35.5. The molecule has 1 heterocycles. The smallest absolute Gasteiger partial charge is 0.104 e. The van der Waals surface area contributed by atoms with Gasteiger partial charge in [0.15, 0.2) is 0 Å². The van der Waals surface area contributed by atoms with E-state index in [4.69, 9.17) is 29.6 Å². The van der Waals surface area contributed by atoms with Gasteiger partial charge in [0.05, 0.1) is 10.7 Å². The fourth-order valence-electron chi connectivity index (χ4n) is 1.87. The molecule has 0 spiro atoms. The molecule has 0 saturated carbocycles. The van der Waals surface area contributed by atoms with Crippen molar-refractivity contribution in [1.82, 2.24) is 0 Å². The van der Waals surface area contributed by atoms with Crippen molar-refractivity contribution in [3.63, 3.8) is 0 Å². The largest absolute Gasteiger partial charge is 0.389 e. The van der Waals surface area contributed by atoms with Gasteiger partial charge in [-0.25, -0.2) is 0 Å². The summed E-state index contributed by atoms with van der Waals surface area (Å²) in [6.07, 6.45) is 2.49. The van der Waals surface area contributed by atoms with E-state index in [9.17, 15) is 0 Å². The lowest BCUT2D eigenvalue weighted by molar-refractivity contribution is 0.949. The van der Waals surface area contributed by atoms with Gasteiger partial charge >= 0.3 is 0 Å². The highest BCUT2D eigenvalue weighted by Crippen LogP contribution is 2.29. The maximum absolute atomic E-state index is 6.20. The minimum Gasteiger partial charge on any atom is -0.389 e. The van der Waals surface area contributed by atoms with Crippen LogP contribution in [0.5, 0.6) is 0 Å². The quantitative estimate of drug-likeness (QED) is 0.806. The third kappa shape index (κ3) is 2.24. The molecular weight excluding hydrogens is 228 g/mol. The normalized spacial score (nSPS) is 15.7. The van der Waals surface area contributed by atoms with Crippen LogP contribution < -0.4 is 10.6 Å². The lowest BCUT2D eigenvalue weighted by Gasteiger charge is -2.19. The maximum Gasteiger partial charge on any atom is 0.104 e. The maximum atomic E-state index is 6.20. The summed E-state index contributed by atoms with van der Waals surface area (Å²) in [6, 6.07) is 5.78. The fourth-order valence-corrected chi connectivity index (χ4v) is 2.30. The molecular formula is C11H13ClN2S. The second-order valence-electron chi connectivity index (χ2n) is 3.72. The third-order valence-corrected chi connectivity index (χ3v) is 3.22. The first kappa shape index (κ1) is 10.7. The van der Waals surface area contributed by atoms with E-state index in [2.05, 4.69) is 4.90 Å². The first-order valence-electron chi connectivity index (χ1n) is 5.03. The number of nitrogens with two attached hydrogens (primary N) is 1. The van der Waals surface area contributed by atoms with Crippen LogP contribution in [0.4, 0.5) is 5.69 Å². The van der Waals surface area contributed by atoms with Crippen LogP contribution >= 0.6 is 23.8 Å². The minimum absolute atomic E-state index is 0.393. The zero-order valence-electron chi connectivity index (χ0n) is 8.37. The predicted molar refractivity (Wildman–Crippen MR) is 68.8 cm³/mol. The van der Waals surface area contributed by atoms with Crippen molar-refractivity contribution < 1.29 is 0 Å². The molecule has 0 bridgehead atoms. The number of benzene rings is 1. The number of nitrogens with zero attached hydrogens (tertiary/aromatic N) is 1. The number of rotatable bonds is 2. The van der Waals surface area contributed by atoms with Gasteiger partial charge in [-0.05, 0) is 31.0 Å². The number of anilines is 1. The Balaban J connectivity index is 2.29. The molecule has 0 radical (unpaired) electrons. The van der Waals surface area contributed by atoms with Gasteiger partial charge in [0.1, 0.15) is 4.99 Å². The van der Waals surface area contributed by atoms with Crippen LogP contribution in [0.25, 0.3) is 0 Å². The summed E-state index contributed by atoms with van der Waals surface area (Å²) in [5.41, 5.74) is 7.47. The molecule has 2 N–H and O–H groups in total. The van der Waals surface area contributed by atoms with Crippen molar-refractivity contribution >= 4 is 34.5 Å². The number of hydrogen-bond donors (Lipinski definition) is 1. The molecule has 0 unspecified atom stereocenters. The molecule has 2 rings (SSSR count). The van der Waals surface area contributed by atoms with Crippen LogP contribution in [0.2, 0.25) is 5.02 Å². The lowest BCUT2D eigenvalue weighted by Crippen LogP contribution is -2.18. The summed E-state index contributed by atoms with van der Waals surface area (Å²) in [5, 5.41) is 0.738. The molecule has 1 fully saturated rings. The number of halogens is 1. The topological polar surface area (TPSA) is 29.3 Å². The Morgan fingerprint density at radius 1 is 1.33 bits per heavy atom. The van der Waals surface area contributed by atoms with Gasteiger partial charge in [-0.15, -0.1) is 0 Å². The van der Waals surface area contributed by atoms with Gasteiger partial charge < -0.3 is 10.6 Å². The van der Waals surface area contributed by atoms with Crippen LogP contribution in [-0.4, -0.2) is 18.1 Å². The summed E-state index contributed by atoms with van der Waals surface area (Å²) in [6.45, 7) is 2.18. The van der Waals surface area contributed by atoms with Gasteiger partial charge in [0.2, 0.25) is 0 Å². The van der Waals surface area contributed by atoms with Crippen LogP contribution in [0, 0.1) is 0 Å². The minimum atomic E-state index is 0.393. The fraction of sp³-hybridized carbons (Fsp3) is 0.364. The van der Waals surface area contributed by atoms with Crippen LogP contribution in [0.3, 0.4) is 0 Å². The van der Waals surface area contributed by atoms with Crippen molar-refractivity contribution in [2.24, 2.45) is 5.73 Å². The molecule has 0 aromatic heterocycles. The van der Waals surface area contributed by atoms with Crippen LogP contribution in [0.15, 0.2) is 18.2 Å². The Bertz CT molecular complexity index is 386. The van der Waals surface area contributed by atoms with E-state index in [1.54, 1.807) is 0 Å². The summed E-state index contributed by atoms with van der Waals surface area (Å²) in [4.78, 5) is 2.69. The van der Waals surface area contributed by atoms with Crippen LogP contribution in [-0.2, 0) is 0 Å². The molecule has 1 aromatic rings. The molecule has 1 aliphatic heterocycles. The lowest BCUT2D eigenvalue weighted by atomic mass is 10.2. The van der Waals surface area contributed by atoms with Crippen molar-refractivity contribution in [1.29, 1.82) is 0 Å². The average Bonchev–Trinajstić information content (AvgIpc) is 2.70. The van der Waals surface area contributed by atoms with E-state index in [1.165, 1.54) is 12.8 Å². The highest BCUT2D eigenvalue weighted by Gasteiger charge is 2.15. The van der Waals surface area contributed by atoms with Crippen LogP contribution in [0.1, 0.15) is 18.4 Å².